The van der Waals surface area contributed by atoms with E-state index in [1.165, 1.54) is 0 Å². The molecule has 0 unspecified atom stereocenters. The number of carbonyl (C=O) groups is 1. The topological polar surface area (TPSA) is 57.8 Å². The number of aromatic amines is 1. The van der Waals surface area contributed by atoms with Crippen molar-refractivity contribution in [1.82, 2.24) is 15.3 Å². The fraction of sp³-hybridized carbons (Fsp3) is 0.176. The number of aromatic nitrogens is 2. The van der Waals surface area contributed by atoms with Gasteiger partial charge in [-0.3, -0.25) is 4.79 Å². The van der Waals surface area contributed by atoms with Gasteiger partial charge in [0.25, 0.3) is 5.91 Å². The van der Waals surface area contributed by atoms with Gasteiger partial charge >= 0.3 is 0 Å². The molecule has 3 rings (SSSR count). The van der Waals surface area contributed by atoms with Gasteiger partial charge in [-0.2, -0.15) is 0 Å². The number of carbonyl (C=O) groups excluding carboxylic acids is 1. The van der Waals surface area contributed by atoms with E-state index < -0.39 is 0 Å². The summed E-state index contributed by atoms with van der Waals surface area (Å²) in [7, 11) is 0. The van der Waals surface area contributed by atoms with E-state index in [2.05, 4.69) is 15.3 Å². The molecular weight excluding hydrogens is 333 g/mol. The van der Waals surface area contributed by atoms with Gasteiger partial charge in [0.2, 0.25) is 0 Å². The van der Waals surface area contributed by atoms with Crippen LogP contribution >= 0.6 is 23.2 Å². The number of hydrogen-bond acceptors (Lipinski definition) is 2. The smallest absolute Gasteiger partial charge is 0.252 e. The average molecular weight is 348 g/mol. The number of nitrogens with zero attached hydrogens (tertiary/aromatic N) is 1. The first-order valence-electron chi connectivity index (χ1n) is 7.31. The van der Waals surface area contributed by atoms with Crippen LogP contribution in [0.3, 0.4) is 0 Å². The summed E-state index contributed by atoms with van der Waals surface area (Å²) in [4.78, 5) is 19.9. The lowest BCUT2D eigenvalue weighted by molar-refractivity contribution is 0.0953. The molecule has 0 aliphatic carbocycles. The van der Waals surface area contributed by atoms with Crippen LogP contribution in [-0.2, 0) is 6.42 Å². The average Bonchev–Trinajstić information content (AvgIpc) is 2.96. The Morgan fingerprint density at radius 3 is 2.78 bits per heavy atom. The van der Waals surface area contributed by atoms with Gasteiger partial charge < -0.3 is 10.3 Å². The van der Waals surface area contributed by atoms with Crippen LogP contribution in [0.25, 0.3) is 11.0 Å². The Hall–Kier alpha value is -2.04. The van der Waals surface area contributed by atoms with Gasteiger partial charge in [0.05, 0.1) is 26.6 Å². The van der Waals surface area contributed by atoms with Crippen molar-refractivity contribution in [3.63, 3.8) is 0 Å². The van der Waals surface area contributed by atoms with E-state index in [0.717, 1.165) is 29.7 Å². The Labute approximate surface area is 143 Å². The normalized spacial score (nSPS) is 10.9. The van der Waals surface area contributed by atoms with Crippen LogP contribution in [-0.4, -0.2) is 22.4 Å². The van der Waals surface area contributed by atoms with Crippen LogP contribution in [0, 0.1) is 0 Å². The van der Waals surface area contributed by atoms with Gasteiger partial charge in [0, 0.05) is 13.0 Å². The van der Waals surface area contributed by atoms with E-state index in [4.69, 9.17) is 23.2 Å². The van der Waals surface area contributed by atoms with Crippen molar-refractivity contribution in [2.24, 2.45) is 0 Å². The molecule has 1 amide bonds. The largest absolute Gasteiger partial charge is 0.352 e. The maximum atomic E-state index is 12.1. The molecule has 0 atom stereocenters. The summed E-state index contributed by atoms with van der Waals surface area (Å²) in [5, 5.41) is 3.51. The third-order valence-electron chi connectivity index (χ3n) is 3.51. The molecule has 2 aromatic carbocycles. The lowest BCUT2D eigenvalue weighted by Crippen LogP contribution is -2.25. The molecule has 0 fully saturated rings. The van der Waals surface area contributed by atoms with Crippen molar-refractivity contribution in [3.8, 4) is 0 Å². The van der Waals surface area contributed by atoms with E-state index in [0.29, 0.717) is 17.1 Å². The van der Waals surface area contributed by atoms with E-state index in [1.807, 2.05) is 24.3 Å². The van der Waals surface area contributed by atoms with Crippen LogP contribution in [0.1, 0.15) is 22.6 Å². The number of aryl methyl sites for hydroxylation is 1. The van der Waals surface area contributed by atoms with E-state index in [1.54, 1.807) is 18.2 Å². The summed E-state index contributed by atoms with van der Waals surface area (Å²) in [6.07, 6.45) is 1.54. The number of nitrogens with one attached hydrogen (secondary N) is 2. The highest BCUT2D eigenvalue weighted by Crippen LogP contribution is 2.25. The minimum atomic E-state index is -0.220. The number of para-hydroxylation sites is 2. The number of amides is 1. The molecule has 3 aromatic rings. The highest BCUT2D eigenvalue weighted by molar-refractivity contribution is 6.43. The van der Waals surface area contributed by atoms with E-state index in [-0.39, 0.29) is 10.9 Å². The quantitative estimate of drug-likeness (QED) is 0.678. The summed E-state index contributed by atoms with van der Waals surface area (Å²) in [6.45, 7) is 0.540. The van der Waals surface area contributed by atoms with E-state index in [9.17, 15) is 4.79 Å². The zero-order valence-corrected chi connectivity index (χ0v) is 13.8. The van der Waals surface area contributed by atoms with Crippen LogP contribution in [0.15, 0.2) is 42.5 Å². The minimum Gasteiger partial charge on any atom is -0.352 e. The first-order valence-corrected chi connectivity index (χ1v) is 8.06. The number of benzene rings is 2. The fourth-order valence-corrected chi connectivity index (χ4v) is 2.74. The molecule has 0 aliphatic rings. The molecule has 0 aliphatic heterocycles. The van der Waals surface area contributed by atoms with Gasteiger partial charge in [-0.15, -0.1) is 0 Å². The zero-order valence-electron chi connectivity index (χ0n) is 12.3. The molecule has 0 saturated carbocycles. The molecule has 1 aromatic heterocycles. The van der Waals surface area contributed by atoms with Crippen LogP contribution in [0.2, 0.25) is 10.0 Å². The van der Waals surface area contributed by atoms with Gasteiger partial charge in [-0.05, 0) is 30.7 Å². The Morgan fingerprint density at radius 1 is 1.13 bits per heavy atom. The molecule has 6 heteroatoms. The van der Waals surface area contributed by atoms with E-state index >= 15 is 0 Å². The van der Waals surface area contributed by atoms with Crippen molar-refractivity contribution in [1.29, 1.82) is 0 Å². The lowest BCUT2D eigenvalue weighted by atomic mass is 10.2. The molecule has 23 heavy (non-hydrogen) atoms. The second-order valence-corrected chi connectivity index (χ2v) is 5.95. The van der Waals surface area contributed by atoms with Gasteiger partial charge in [0.15, 0.2) is 0 Å². The van der Waals surface area contributed by atoms with Gasteiger partial charge in [-0.25, -0.2) is 4.98 Å². The Balaban J connectivity index is 1.53. The third kappa shape index (κ3) is 3.66. The summed E-state index contributed by atoms with van der Waals surface area (Å²) in [6, 6.07) is 12.9. The molecule has 2 N–H and O–H groups in total. The second-order valence-electron chi connectivity index (χ2n) is 5.16. The molecule has 1 heterocycles. The van der Waals surface area contributed by atoms with Crippen molar-refractivity contribution in [2.75, 3.05) is 6.54 Å². The highest BCUT2D eigenvalue weighted by atomic mass is 35.5. The molecule has 4 nitrogen and oxygen atoms in total. The Morgan fingerprint density at radius 2 is 1.96 bits per heavy atom. The number of imidazole rings is 1. The van der Waals surface area contributed by atoms with Crippen LogP contribution < -0.4 is 5.32 Å². The first kappa shape index (κ1) is 15.8. The Kier molecular flexibility index (Phi) is 4.84. The summed E-state index contributed by atoms with van der Waals surface area (Å²) < 4.78 is 0. The summed E-state index contributed by atoms with van der Waals surface area (Å²) in [5.41, 5.74) is 2.37. The van der Waals surface area contributed by atoms with Gasteiger partial charge in [0.1, 0.15) is 5.82 Å². The van der Waals surface area contributed by atoms with Crippen LogP contribution in [0.4, 0.5) is 0 Å². The highest BCUT2D eigenvalue weighted by Gasteiger charge is 2.12. The SMILES string of the molecule is O=C(NCCCc1nc2ccccc2[nH]1)c1cccc(Cl)c1Cl. The number of hydrogen-bond donors (Lipinski definition) is 2. The fourth-order valence-electron chi connectivity index (χ4n) is 2.36. The monoisotopic (exact) mass is 347 g/mol. The number of halogens is 2. The number of H-pyrrole nitrogens is 1. The molecule has 0 saturated heterocycles. The Bertz CT molecular complexity index is 812. The van der Waals surface area contributed by atoms with Crippen molar-refractivity contribution < 1.29 is 4.79 Å². The maximum absolute atomic E-state index is 12.1. The van der Waals surface area contributed by atoms with Crippen molar-refractivity contribution >= 4 is 40.1 Å². The summed E-state index contributed by atoms with van der Waals surface area (Å²) in [5.74, 6) is 0.698. The maximum Gasteiger partial charge on any atom is 0.252 e. The molecular formula is C17H15Cl2N3O. The third-order valence-corrected chi connectivity index (χ3v) is 4.33. The second kappa shape index (κ2) is 7.02. The van der Waals surface area contributed by atoms with Crippen molar-refractivity contribution in [2.45, 2.75) is 12.8 Å². The van der Waals surface area contributed by atoms with Crippen LogP contribution in [0.5, 0.6) is 0 Å². The lowest BCUT2D eigenvalue weighted by Gasteiger charge is -2.07. The standard InChI is InChI=1S/C17H15Cl2N3O/c18-12-6-3-5-11(16(12)19)17(23)20-10-4-9-15-21-13-7-1-2-8-14(13)22-15/h1-3,5-8H,4,9-10H2,(H,20,23)(H,21,22). The van der Waals surface area contributed by atoms with Crippen molar-refractivity contribution in [3.05, 3.63) is 63.9 Å². The molecule has 0 radical (unpaired) electrons. The predicted molar refractivity (Wildman–Crippen MR) is 93.2 cm³/mol. The number of fused-ring (bicyclic) bond motifs is 1. The number of rotatable bonds is 5. The molecule has 0 spiro atoms. The molecule has 0 bridgehead atoms. The van der Waals surface area contributed by atoms with Gasteiger partial charge in [-0.1, -0.05) is 41.4 Å². The summed E-state index contributed by atoms with van der Waals surface area (Å²) >= 11 is 11.9. The minimum absolute atomic E-state index is 0.220. The predicted octanol–water partition coefficient (Wildman–Crippen LogP) is 4.23. The first-order chi connectivity index (χ1) is 11.1. The molecule has 118 valence electrons. The zero-order chi connectivity index (χ0) is 16.2.